The molecule has 0 aromatic heterocycles. The number of ketones is 1. The van der Waals surface area contributed by atoms with E-state index in [-0.39, 0.29) is 5.60 Å². The smallest absolute Gasteiger partial charge is 0.164 e. The maximum atomic E-state index is 11.9. The van der Waals surface area contributed by atoms with E-state index in [9.17, 15) is 4.79 Å². The maximum absolute atomic E-state index is 11.9. The van der Waals surface area contributed by atoms with Crippen molar-refractivity contribution < 1.29 is 9.53 Å². The van der Waals surface area contributed by atoms with Crippen LogP contribution in [0.4, 0.5) is 0 Å². The second kappa shape index (κ2) is 3.83. The summed E-state index contributed by atoms with van der Waals surface area (Å²) in [5, 5.41) is 0. The van der Waals surface area contributed by atoms with Crippen LogP contribution in [0.5, 0.6) is 0 Å². The molecule has 2 heteroatoms. The third kappa shape index (κ3) is 1.92. The standard InChI is InChI=1S/C14H24O2/c1-10(2)5-7-13(3)11-6-8-14(4,16-13)12(15)9-11/h10-11H,5-9H2,1-4H3/t11-,13-,14+/m1/s1. The van der Waals surface area contributed by atoms with Gasteiger partial charge in [0.2, 0.25) is 0 Å². The Bertz CT molecular complexity index is 297. The summed E-state index contributed by atoms with van der Waals surface area (Å²) < 4.78 is 6.17. The third-order valence-corrected chi connectivity index (χ3v) is 4.53. The van der Waals surface area contributed by atoms with Crippen molar-refractivity contribution in [3.05, 3.63) is 0 Å². The third-order valence-electron chi connectivity index (χ3n) is 4.53. The largest absolute Gasteiger partial charge is 0.361 e. The second-order valence-corrected chi connectivity index (χ2v) is 6.44. The van der Waals surface area contributed by atoms with Gasteiger partial charge in [-0.05, 0) is 51.4 Å². The molecular formula is C14H24O2. The number of fused-ring (bicyclic) bond motifs is 3. The number of carbonyl (C=O) groups is 1. The zero-order valence-electron chi connectivity index (χ0n) is 11.0. The number of Topliss-reactive ketones (excluding diaryl/α,β-unsaturated/α-hetero) is 1. The molecule has 0 N–H and O–H groups in total. The highest BCUT2D eigenvalue weighted by Gasteiger charge is 2.55. The Labute approximate surface area is 98.7 Å². The molecular weight excluding hydrogens is 200 g/mol. The summed E-state index contributed by atoms with van der Waals surface area (Å²) in [6.07, 6.45) is 5.12. The second-order valence-electron chi connectivity index (χ2n) is 6.44. The van der Waals surface area contributed by atoms with Crippen LogP contribution >= 0.6 is 0 Å². The van der Waals surface area contributed by atoms with Crippen molar-refractivity contribution in [2.45, 2.75) is 71.0 Å². The van der Waals surface area contributed by atoms with Crippen LogP contribution in [0.2, 0.25) is 0 Å². The monoisotopic (exact) mass is 224 g/mol. The van der Waals surface area contributed by atoms with Gasteiger partial charge in [-0.1, -0.05) is 13.8 Å². The first kappa shape index (κ1) is 12.1. The molecule has 3 rings (SSSR count). The van der Waals surface area contributed by atoms with Crippen molar-refractivity contribution in [2.24, 2.45) is 11.8 Å². The summed E-state index contributed by atoms with van der Waals surface area (Å²) >= 11 is 0. The van der Waals surface area contributed by atoms with Crippen molar-refractivity contribution in [1.82, 2.24) is 0 Å². The van der Waals surface area contributed by atoms with Crippen molar-refractivity contribution in [2.75, 3.05) is 0 Å². The summed E-state index contributed by atoms with van der Waals surface area (Å²) in [6, 6.07) is 0. The minimum absolute atomic E-state index is 0.0504. The molecule has 3 fully saturated rings. The lowest BCUT2D eigenvalue weighted by Crippen LogP contribution is -2.60. The van der Waals surface area contributed by atoms with E-state index in [1.54, 1.807) is 0 Å². The summed E-state index contributed by atoms with van der Waals surface area (Å²) in [6.45, 7) is 8.69. The Morgan fingerprint density at radius 1 is 1.44 bits per heavy atom. The Morgan fingerprint density at radius 2 is 2.12 bits per heavy atom. The van der Waals surface area contributed by atoms with Crippen LogP contribution in [0.25, 0.3) is 0 Å². The van der Waals surface area contributed by atoms with E-state index in [1.165, 1.54) is 6.42 Å². The molecule has 0 aromatic carbocycles. The van der Waals surface area contributed by atoms with Crippen LogP contribution in [0.1, 0.15) is 59.8 Å². The van der Waals surface area contributed by atoms with Crippen molar-refractivity contribution in [3.8, 4) is 0 Å². The van der Waals surface area contributed by atoms with Gasteiger partial charge in [0.05, 0.1) is 5.60 Å². The lowest BCUT2D eigenvalue weighted by atomic mass is 9.66. The van der Waals surface area contributed by atoms with Gasteiger partial charge in [0, 0.05) is 6.42 Å². The van der Waals surface area contributed by atoms with Gasteiger partial charge >= 0.3 is 0 Å². The predicted octanol–water partition coefficient (Wildman–Crippen LogP) is 3.34. The Morgan fingerprint density at radius 3 is 2.62 bits per heavy atom. The molecule has 3 atom stereocenters. The predicted molar refractivity (Wildman–Crippen MR) is 64.3 cm³/mol. The minimum atomic E-state index is -0.472. The molecule has 2 aliphatic heterocycles. The molecule has 0 aromatic rings. The highest BCUT2D eigenvalue weighted by Crippen LogP contribution is 2.49. The first-order chi connectivity index (χ1) is 7.36. The molecule has 2 nitrogen and oxygen atoms in total. The SMILES string of the molecule is CC(C)CC[C@@]1(C)O[C@@]2(C)CC[C@@H]1CC2=O. The van der Waals surface area contributed by atoms with Crippen LogP contribution in [-0.4, -0.2) is 17.0 Å². The molecule has 0 unspecified atom stereocenters. The molecule has 0 amide bonds. The molecule has 16 heavy (non-hydrogen) atoms. The van der Waals surface area contributed by atoms with E-state index in [2.05, 4.69) is 20.8 Å². The average molecular weight is 224 g/mol. The number of carbonyl (C=O) groups excluding carboxylic acids is 1. The molecule has 3 aliphatic rings. The zero-order chi connectivity index (χ0) is 12.0. The average Bonchev–Trinajstić information content (AvgIpc) is 2.18. The van der Waals surface area contributed by atoms with Crippen LogP contribution < -0.4 is 0 Å². The van der Waals surface area contributed by atoms with E-state index >= 15 is 0 Å². The van der Waals surface area contributed by atoms with E-state index in [0.717, 1.165) is 25.7 Å². The van der Waals surface area contributed by atoms with E-state index in [0.29, 0.717) is 17.6 Å². The van der Waals surface area contributed by atoms with Crippen LogP contribution in [0.3, 0.4) is 0 Å². The number of hydrogen-bond acceptors (Lipinski definition) is 2. The number of hydrogen-bond donors (Lipinski definition) is 0. The molecule has 92 valence electrons. The summed E-state index contributed by atoms with van der Waals surface area (Å²) in [5.41, 5.74) is -0.522. The maximum Gasteiger partial charge on any atom is 0.164 e. The van der Waals surface area contributed by atoms with Gasteiger partial charge in [-0.15, -0.1) is 0 Å². The molecule has 2 saturated heterocycles. The lowest BCUT2D eigenvalue weighted by molar-refractivity contribution is -0.229. The highest BCUT2D eigenvalue weighted by atomic mass is 16.5. The fourth-order valence-corrected chi connectivity index (χ4v) is 3.19. The Kier molecular flexibility index (Phi) is 2.90. The van der Waals surface area contributed by atoms with Gasteiger partial charge in [-0.25, -0.2) is 0 Å². The van der Waals surface area contributed by atoms with Crippen LogP contribution in [-0.2, 0) is 9.53 Å². The number of ether oxygens (including phenoxy) is 1. The van der Waals surface area contributed by atoms with Crippen molar-refractivity contribution >= 4 is 5.78 Å². The first-order valence-corrected chi connectivity index (χ1v) is 6.59. The van der Waals surface area contributed by atoms with Crippen molar-refractivity contribution in [3.63, 3.8) is 0 Å². The van der Waals surface area contributed by atoms with Gasteiger partial charge in [0.15, 0.2) is 5.78 Å². The summed E-state index contributed by atoms with van der Waals surface area (Å²) in [5.74, 6) is 1.50. The summed E-state index contributed by atoms with van der Waals surface area (Å²) in [7, 11) is 0. The first-order valence-electron chi connectivity index (χ1n) is 6.59. The molecule has 0 spiro atoms. The molecule has 2 heterocycles. The van der Waals surface area contributed by atoms with Gasteiger partial charge < -0.3 is 4.74 Å². The zero-order valence-corrected chi connectivity index (χ0v) is 11.0. The van der Waals surface area contributed by atoms with Crippen LogP contribution in [0.15, 0.2) is 0 Å². The van der Waals surface area contributed by atoms with E-state index < -0.39 is 5.60 Å². The normalized spacial score (nSPS) is 43.1. The number of rotatable bonds is 3. The van der Waals surface area contributed by atoms with Crippen molar-refractivity contribution in [1.29, 1.82) is 0 Å². The lowest BCUT2D eigenvalue weighted by Gasteiger charge is -2.54. The highest BCUT2D eigenvalue weighted by molar-refractivity contribution is 5.88. The quantitative estimate of drug-likeness (QED) is 0.735. The summed E-state index contributed by atoms with van der Waals surface area (Å²) in [4.78, 5) is 11.9. The molecule has 1 aliphatic carbocycles. The molecule has 1 saturated carbocycles. The van der Waals surface area contributed by atoms with E-state index in [1.807, 2.05) is 6.92 Å². The van der Waals surface area contributed by atoms with Gasteiger partial charge in [-0.2, -0.15) is 0 Å². The minimum Gasteiger partial charge on any atom is -0.361 e. The molecule has 2 bridgehead atoms. The topological polar surface area (TPSA) is 26.3 Å². The van der Waals surface area contributed by atoms with Crippen LogP contribution in [0, 0.1) is 11.8 Å². The van der Waals surface area contributed by atoms with Gasteiger partial charge in [0.25, 0.3) is 0 Å². The Balaban J connectivity index is 2.10. The van der Waals surface area contributed by atoms with Gasteiger partial charge in [0.1, 0.15) is 5.60 Å². The van der Waals surface area contributed by atoms with E-state index in [4.69, 9.17) is 4.74 Å². The fraction of sp³-hybridized carbons (Fsp3) is 0.929. The Hall–Kier alpha value is -0.370. The fourth-order valence-electron chi connectivity index (χ4n) is 3.19. The van der Waals surface area contributed by atoms with Gasteiger partial charge in [-0.3, -0.25) is 4.79 Å². The molecule has 0 radical (unpaired) electrons.